The molecule has 0 radical (unpaired) electrons. The van der Waals surface area contributed by atoms with Gasteiger partial charge in [0.15, 0.2) is 17.6 Å². The summed E-state index contributed by atoms with van der Waals surface area (Å²) in [5.41, 5.74) is 0. The Labute approximate surface area is 152 Å². The number of nitrogens with zero attached hydrogens (tertiary/aromatic N) is 1. The fourth-order valence-electron chi connectivity index (χ4n) is 3.03. The van der Waals surface area contributed by atoms with Crippen molar-refractivity contribution < 1.29 is 23.8 Å². The lowest BCUT2D eigenvalue weighted by atomic mass is 10.1. The second kappa shape index (κ2) is 8.64. The summed E-state index contributed by atoms with van der Waals surface area (Å²) in [6.07, 6.45) is 0.914. The van der Waals surface area contributed by atoms with Crippen molar-refractivity contribution >= 4 is 12.1 Å². The number of ether oxygens (including phenoxy) is 3. The summed E-state index contributed by atoms with van der Waals surface area (Å²) in [5.74, 6) is 1.42. The molecular formula is C18H25N3O5. The number of fused-ring (bicyclic) bond motifs is 1. The number of hydrogen-bond acceptors (Lipinski definition) is 5. The molecule has 2 aliphatic rings. The van der Waals surface area contributed by atoms with E-state index >= 15 is 0 Å². The van der Waals surface area contributed by atoms with E-state index in [2.05, 4.69) is 10.6 Å². The number of likely N-dealkylation sites (tertiary alicyclic amines) is 1. The monoisotopic (exact) mass is 363 g/mol. The summed E-state index contributed by atoms with van der Waals surface area (Å²) in [6.45, 7) is 4.09. The van der Waals surface area contributed by atoms with Crippen molar-refractivity contribution in [2.24, 2.45) is 0 Å². The van der Waals surface area contributed by atoms with Crippen molar-refractivity contribution in [3.63, 3.8) is 0 Å². The second-order valence-electron chi connectivity index (χ2n) is 6.31. The smallest absolute Gasteiger partial charge is 0.409 e. The minimum atomic E-state index is -0.287. The molecule has 1 aromatic carbocycles. The predicted molar refractivity (Wildman–Crippen MR) is 94.5 cm³/mol. The number of carbonyl (C=O) groups excluding carboxylic acids is 2. The van der Waals surface area contributed by atoms with Gasteiger partial charge in [0.25, 0.3) is 0 Å². The molecule has 0 bridgehead atoms. The molecule has 1 atom stereocenters. The van der Waals surface area contributed by atoms with E-state index in [1.165, 1.54) is 0 Å². The molecule has 0 spiro atoms. The van der Waals surface area contributed by atoms with Gasteiger partial charge >= 0.3 is 12.1 Å². The zero-order valence-corrected chi connectivity index (χ0v) is 14.9. The van der Waals surface area contributed by atoms with Gasteiger partial charge in [-0.15, -0.1) is 0 Å². The molecule has 2 aliphatic heterocycles. The number of amides is 3. The van der Waals surface area contributed by atoms with Crippen molar-refractivity contribution in [1.29, 1.82) is 0 Å². The molecular weight excluding hydrogens is 338 g/mol. The first-order valence-corrected chi connectivity index (χ1v) is 9.00. The Hall–Kier alpha value is -2.64. The maximum atomic E-state index is 12.1. The average molecular weight is 363 g/mol. The Bertz CT molecular complexity index is 631. The molecule has 2 N–H and O–H groups in total. The third-order valence-electron chi connectivity index (χ3n) is 4.41. The number of piperidine rings is 1. The van der Waals surface area contributed by atoms with E-state index in [-0.39, 0.29) is 24.3 Å². The first-order valence-electron chi connectivity index (χ1n) is 9.00. The van der Waals surface area contributed by atoms with Crippen LogP contribution in [0.5, 0.6) is 11.5 Å². The van der Waals surface area contributed by atoms with Gasteiger partial charge < -0.3 is 29.7 Å². The van der Waals surface area contributed by atoms with E-state index in [4.69, 9.17) is 14.2 Å². The number of hydrogen-bond donors (Lipinski definition) is 2. The van der Waals surface area contributed by atoms with Crippen LogP contribution >= 0.6 is 0 Å². The lowest BCUT2D eigenvalue weighted by Crippen LogP contribution is -2.51. The minimum Gasteiger partial charge on any atom is -0.486 e. The number of rotatable bonds is 4. The van der Waals surface area contributed by atoms with Gasteiger partial charge in [-0.3, -0.25) is 0 Å². The molecule has 0 aromatic heterocycles. The average Bonchev–Trinajstić information content (AvgIpc) is 2.67. The number of benzene rings is 1. The maximum Gasteiger partial charge on any atom is 0.409 e. The van der Waals surface area contributed by atoms with Crippen molar-refractivity contribution in [2.45, 2.75) is 31.9 Å². The van der Waals surface area contributed by atoms with Crippen LogP contribution in [-0.2, 0) is 4.74 Å². The van der Waals surface area contributed by atoms with Gasteiger partial charge in [-0.1, -0.05) is 12.1 Å². The Morgan fingerprint density at radius 2 is 1.96 bits per heavy atom. The summed E-state index contributed by atoms with van der Waals surface area (Å²) in [7, 11) is 0. The number of carbonyl (C=O) groups is 2. The first-order chi connectivity index (χ1) is 12.7. The number of nitrogens with one attached hydrogen (secondary N) is 2. The molecule has 1 saturated heterocycles. The van der Waals surface area contributed by atoms with Crippen LogP contribution in [0.3, 0.4) is 0 Å². The van der Waals surface area contributed by atoms with Gasteiger partial charge in [-0.05, 0) is 31.9 Å². The molecule has 0 aliphatic carbocycles. The zero-order chi connectivity index (χ0) is 18.4. The maximum absolute atomic E-state index is 12.1. The predicted octanol–water partition coefficient (Wildman–Crippen LogP) is 1.75. The van der Waals surface area contributed by atoms with Gasteiger partial charge in [0.2, 0.25) is 0 Å². The Morgan fingerprint density at radius 3 is 2.69 bits per heavy atom. The summed E-state index contributed by atoms with van der Waals surface area (Å²) in [6, 6.07) is 7.29. The van der Waals surface area contributed by atoms with Crippen LogP contribution in [0.25, 0.3) is 0 Å². The fraction of sp³-hybridized carbons (Fsp3) is 0.556. The highest BCUT2D eigenvalue weighted by Gasteiger charge is 2.25. The molecule has 0 saturated carbocycles. The van der Waals surface area contributed by atoms with E-state index in [1.54, 1.807) is 11.8 Å². The zero-order valence-electron chi connectivity index (χ0n) is 14.9. The lowest BCUT2D eigenvalue weighted by molar-refractivity contribution is 0.0904. The summed E-state index contributed by atoms with van der Waals surface area (Å²) in [5, 5.41) is 5.77. The topological polar surface area (TPSA) is 89.1 Å². The summed E-state index contributed by atoms with van der Waals surface area (Å²) in [4.78, 5) is 25.4. The van der Waals surface area contributed by atoms with Crippen molar-refractivity contribution in [3.8, 4) is 11.5 Å². The standard InChI is InChI=1S/C18H25N3O5/c1-2-24-18(23)21-9-7-13(8-10-21)20-17(22)19-11-14-12-25-15-5-3-4-6-16(15)26-14/h3-6,13-14H,2,7-12H2,1H3,(H2,19,20,22)/t14-/m1/s1. The normalized spacial score (nSPS) is 19.6. The quantitative estimate of drug-likeness (QED) is 0.851. The Morgan fingerprint density at radius 1 is 1.23 bits per heavy atom. The van der Waals surface area contributed by atoms with Crippen LogP contribution in [0.15, 0.2) is 24.3 Å². The summed E-state index contributed by atoms with van der Waals surface area (Å²) < 4.78 is 16.4. The highest BCUT2D eigenvalue weighted by Crippen LogP contribution is 2.30. The van der Waals surface area contributed by atoms with E-state index in [0.717, 1.165) is 5.75 Å². The highest BCUT2D eigenvalue weighted by atomic mass is 16.6. The van der Waals surface area contributed by atoms with Crippen molar-refractivity contribution in [2.75, 3.05) is 32.8 Å². The van der Waals surface area contributed by atoms with Gasteiger partial charge in [0.1, 0.15) is 6.61 Å². The van der Waals surface area contributed by atoms with Gasteiger partial charge in [0, 0.05) is 19.1 Å². The van der Waals surface area contributed by atoms with Crippen LogP contribution in [0.2, 0.25) is 0 Å². The fourth-order valence-corrected chi connectivity index (χ4v) is 3.03. The number of urea groups is 1. The number of para-hydroxylation sites is 2. The van der Waals surface area contributed by atoms with E-state index < -0.39 is 0 Å². The molecule has 8 heteroatoms. The highest BCUT2D eigenvalue weighted by molar-refractivity contribution is 5.74. The molecule has 142 valence electrons. The van der Waals surface area contributed by atoms with Gasteiger partial charge in [0.05, 0.1) is 13.2 Å². The molecule has 2 heterocycles. The molecule has 3 rings (SSSR count). The molecule has 3 amide bonds. The Kier molecular flexibility index (Phi) is 6.04. The summed E-state index contributed by atoms with van der Waals surface area (Å²) >= 11 is 0. The van der Waals surface area contributed by atoms with Crippen LogP contribution in [0, 0.1) is 0 Å². The second-order valence-corrected chi connectivity index (χ2v) is 6.31. The third kappa shape index (κ3) is 4.71. The molecule has 0 unspecified atom stereocenters. The third-order valence-corrected chi connectivity index (χ3v) is 4.41. The lowest BCUT2D eigenvalue weighted by Gasteiger charge is -2.32. The minimum absolute atomic E-state index is 0.0462. The molecule has 26 heavy (non-hydrogen) atoms. The van der Waals surface area contributed by atoms with E-state index in [9.17, 15) is 9.59 Å². The molecule has 1 aromatic rings. The first kappa shape index (κ1) is 18.2. The van der Waals surface area contributed by atoms with Crippen LogP contribution in [-0.4, -0.2) is 62.0 Å². The van der Waals surface area contributed by atoms with Gasteiger partial charge in [-0.25, -0.2) is 9.59 Å². The van der Waals surface area contributed by atoms with E-state index in [1.807, 2.05) is 24.3 Å². The molecule has 8 nitrogen and oxygen atoms in total. The van der Waals surface area contributed by atoms with Crippen LogP contribution < -0.4 is 20.1 Å². The Balaban J connectivity index is 1.36. The van der Waals surface area contributed by atoms with E-state index in [0.29, 0.717) is 51.4 Å². The SMILES string of the molecule is CCOC(=O)N1CCC(NC(=O)NC[C@@H]2COc3ccccc3O2)CC1. The largest absolute Gasteiger partial charge is 0.486 e. The van der Waals surface area contributed by atoms with Crippen LogP contribution in [0.1, 0.15) is 19.8 Å². The van der Waals surface area contributed by atoms with Gasteiger partial charge in [-0.2, -0.15) is 0 Å². The van der Waals surface area contributed by atoms with Crippen molar-refractivity contribution in [3.05, 3.63) is 24.3 Å². The van der Waals surface area contributed by atoms with Crippen LogP contribution in [0.4, 0.5) is 9.59 Å². The molecule has 1 fully saturated rings. The van der Waals surface area contributed by atoms with Crippen molar-refractivity contribution in [1.82, 2.24) is 15.5 Å².